The first kappa shape index (κ1) is 18.4. The molecule has 2 N–H and O–H groups in total. The molecule has 136 valence electrons. The highest BCUT2D eigenvalue weighted by Crippen LogP contribution is 2.30. The Bertz CT molecular complexity index is 751. The van der Waals surface area contributed by atoms with Crippen LogP contribution in [0.15, 0.2) is 22.8 Å². The Labute approximate surface area is 155 Å². The highest BCUT2D eigenvalue weighted by atomic mass is 79.9. The zero-order chi connectivity index (χ0) is 17.8. The molecule has 0 bridgehead atoms. The van der Waals surface area contributed by atoms with Gasteiger partial charge in [-0.25, -0.2) is 4.39 Å². The van der Waals surface area contributed by atoms with Gasteiger partial charge in [0.25, 0.3) is 5.91 Å². The molecule has 1 aliphatic carbocycles. The predicted molar refractivity (Wildman–Crippen MR) is 100 cm³/mol. The van der Waals surface area contributed by atoms with E-state index in [0.29, 0.717) is 39.9 Å². The molecule has 2 aromatic rings. The number of carbonyl (C=O) groups is 1. The smallest absolute Gasteiger partial charge is 0.253 e. The molecule has 3 rings (SSSR count). The maximum atomic E-state index is 13.8. The van der Waals surface area contributed by atoms with Crippen LogP contribution in [-0.2, 0) is 6.54 Å². The van der Waals surface area contributed by atoms with E-state index in [1.807, 2.05) is 0 Å². The van der Waals surface area contributed by atoms with E-state index in [1.165, 1.54) is 50.7 Å². The minimum atomic E-state index is -0.373. The fraction of sp³-hybridized carbons (Fsp3) is 0.526. The zero-order valence-corrected chi connectivity index (χ0v) is 15.8. The van der Waals surface area contributed by atoms with Crippen LogP contribution in [0, 0.1) is 11.7 Å². The van der Waals surface area contributed by atoms with E-state index < -0.39 is 0 Å². The van der Waals surface area contributed by atoms with Crippen LogP contribution in [0.3, 0.4) is 0 Å². The van der Waals surface area contributed by atoms with Gasteiger partial charge in [0.2, 0.25) is 0 Å². The molecule has 1 fully saturated rings. The summed E-state index contributed by atoms with van der Waals surface area (Å²) in [7, 11) is 0. The number of hydrogen-bond donors (Lipinski definition) is 2. The second kappa shape index (κ2) is 8.32. The van der Waals surface area contributed by atoms with E-state index in [4.69, 9.17) is 0 Å². The third-order valence-electron chi connectivity index (χ3n) is 5.01. The number of aliphatic hydroxyl groups is 1. The Kier molecular flexibility index (Phi) is 6.12. The number of nitrogens with zero attached hydrogens (tertiary/aromatic N) is 1. The van der Waals surface area contributed by atoms with Crippen LogP contribution in [0.1, 0.15) is 48.9 Å². The molecule has 6 heteroatoms. The Morgan fingerprint density at radius 1 is 1.28 bits per heavy atom. The molecule has 1 aromatic heterocycles. The van der Waals surface area contributed by atoms with Crippen LogP contribution in [0.4, 0.5) is 4.39 Å². The van der Waals surface area contributed by atoms with E-state index in [1.54, 1.807) is 10.8 Å². The Hall–Kier alpha value is -1.40. The summed E-state index contributed by atoms with van der Waals surface area (Å²) in [5, 5.41) is 13.0. The molecule has 0 saturated heterocycles. The van der Waals surface area contributed by atoms with Crippen molar-refractivity contribution in [1.29, 1.82) is 0 Å². The van der Waals surface area contributed by atoms with Crippen LogP contribution >= 0.6 is 15.9 Å². The molecular formula is C19H24BrFN2O2. The molecule has 25 heavy (non-hydrogen) atoms. The second-order valence-corrected chi connectivity index (χ2v) is 7.66. The van der Waals surface area contributed by atoms with Crippen molar-refractivity contribution in [2.45, 2.75) is 45.1 Å². The van der Waals surface area contributed by atoms with Crippen molar-refractivity contribution in [2.75, 3.05) is 13.2 Å². The van der Waals surface area contributed by atoms with Crippen molar-refractivity contribution < 1.29 is 14.3 Å². The van der Waals surface area contributed by atoms with Crippen molar-refractivity contribution in [3.05, 3.63) is 34.2 Å². The van der Waals surface area contributed by atoms with Gasteiger partial charge in [-0.05, 0) is 46.8 Å². The lowest BCUT2D eigenvalue weighted by Gasteiger charge is -2.14. The van der Waals surface area contributed by atoms with Crippen LogP contribution in [0.2, 0.25) is 0 Å². The van der Waals surface area contributed by atoms with Gasteiger partial charge in [0.15, 0.2) is 0 Å². The average molecular weight is 411 g/mol. The van der Waals surface area contributed by atoms with E-state index in [9.17, 15) is 14.3 Å². The summed E-state index contributed by atoms with van der Waals surface area (Å²) in [6.45, 7) is 0.938. The number of nitrogens with one attached hydrogen (secondary N) is 1. The molecular weight excluding hydrogens is 387 g/mol. The van der Waals surface area contributed by atoms with Gasteiger partial charge < -0.3 is 15.0 Å². The largest absolute Gasteiger partial charge is 0.395 e. The predicted octanol–water partition coefficient (Wildman–Crippen LogP) is 4.24. The van der Waals surface area contributed by atoms with Gasteiger partial charge in [0, 0.05) is 29.1 Å². The van der Waals surface area contributed by atoms with Crippen molar-refractivity contribution in [2.24, 2.45) is 5.92 Å². The van der Waals surface area contributed by atoms with Gasteiger partial charge in [0.1, 0.15) is 5.82 Å². The fourth-order valence-electron chi connectivity index (χ4n) is 3.71. The lowest BCUT2D eigenvalue weighted by molar-refractivity contribution is 0.0947. The maximum Gasteiger partial charge on any atom is 0.253 e. The molecule has 1 amide bonds. The van der Waals surface area contributed by atoms with Crippen molar-refractivity contribution >= 4 is 32.7 Å². The van der Waals surface area contributed by atoms with Gasteiger partial charge in [-0.3, -0.25) is 4.79 Å². The van der Waals surface area contributed by atoms with Gasteiger partial charge in [0.05, 0.1) is 17.7 Å². The number of aromatic nitrogens is 1. The van der Waals surface area contributed by atoms with Crippen molar-refractivity contribution in [1.82, 2.24) is 9.88 Å². The summed E-state index contributed by atoms with van der Waals surface area (Å²) in [4.78, 5) is 12.7. The highest BCUT2D eigenvalue weighted by molar-refractivity contribution is 9.10. The zero-order valence-electron chi connectivity index (χ0n) is 14.2. The van der Waals surface area contributed by atoms with Crippen LogP contribution in [0.25, 0.3) is 10.9 Å². The topological polar surface area (TPSA) is 54.3 Å². The summed E-state index contributed by atoms with van der Waals surface area (Å²) in [6, 6.07) is 2.77. The van der Waals surface area contributed by atoms with Gasteiger partial charge >= 0.3 is 0 Å². The number of amides is 1. The average Bonchev–Trinajstić information content (AvgIpc) is 2.77. The fourth-order valence-corrected chi connectivity index (χ4v) is 4.34. The lowest BCUT2D eigenvalue weighted by atomic mass is 10.0. The summed E-state index contributed by atoms with van der Waals surface area (Å²) < 4.78 is 16.0. The lowest BCUT2D eigenvalue weighted by Crippen LogP contribution is -2.29. The SMILES string of the molecule is O=C(NCC1CCCCCC1)c1cn(CCO)c2cc(F)cc(Br)c12. The van der Waals surface area contributed by atoms with E-state index in [-0.39, 0.29) is 18.3 Å². The van der Waals surface area contributed by atoms with Gasteiger partial charge in [-0.2, -0.15) is 0 Å². The Balaban J connectivity index is 1.83. The van der Waals surface area contributed by atoms with Crippen molar-refractivity contribution in [3.63, 3.8) is 0 Å². The van der Waals surface area contributed by atoms with Gasteiger partial charge in [-0.15, -0.1) is 0 Å². The van der Waals surface area contributed by atoms with Crippen LogP contribution < -0.4 is 5.32 Å². The molecule has 1 heterocycles. The number of hydrogen-bond acceptors (Lipinski definition) is 2. The van der Waals surface area contributed by atoms with Gasteiger partial charge in [-0.1, -0.05) is 25.7 Å². The third-order valence-corrected chi connectivity index (χ3v) is 5.63. The maximum absolute atomic E-state index is 13.8. The number of halogens is 2. The molecule has 0 radical (unpaired) electrons. The molecule has 1 aliphatic rings. The van der Waals surface area contributed by atoms with E-state index in [2.05, 4.69) is 21.2 Å². The minimum absolute atomic E-state index is 0.0684. The summed E-state index contributed by atoms with van der Waals surface area (Å²) >= 11 is 3.37. The van der Waals surface area contributed by atoms with E-state index >= 15 is 0 Å². The first-order valence-electron chi connectivity index (χ1n) is 8.97. The molecule has 1 saturated carbocycles. The Morgan fingerprint density at radius 3 is 2.68 bits per heavy atom. The number of aliphatic hydroxyl groups excluding tert-OH is 1. The second-order valence-electron chi connectivity index (χ2n) is 6.81. The van der Waals surface area contributed by atoms with Crippen molar-refractivity contribution in [3.8, 4) is 0 Å². The third kappa shape index (κ3) is 4.23. The monoisotopic (exact) mass is 410 g/mol. The normalized spacial score (nSPS) is 16.1. The molecule has 0 atom stereocenters. The first-order valence-corrected chi connectivity index (χ1v) is 9.76. The molecule has 4 nitrogen and oxygen atoms in total. The summed E-state index contributed by atoms with van der Waals surface area (Å²) in [5.74, 6) is 0.0263. The van der Waals surface area contributed by atoms with E-state index in [0.717, 1.165) is 0 Å². The highest BCUT2D eigenvalue weighted by Gasteiger charge is 2.20. The Morgan fingerprint density at radius 2 is 2.00 bits per heavy atom. The molecule has 0 aliphatic heterocycles. The summed E-state index contributed by atoms with van der Waals surface area (Å²) in [6.07, 6.45) is 9.09. The van der Waals surface area contributed by atoms with Crippen LogP contribution in [0.5, 0.6) is 0 Å². The molecule has 0 unspecified atom stereocenters. The molecule has 0 spiro atoms. The number of benzene rings is 1. The number of carbonyl (C=O) groups excluding carboxylic acids is 1. The molecule has 1 aromatic carbocycles. The standard InChI is InChI=1S/C19H24BrFN2O2/c20-16-9-14(21)10-17-18(16)15(12-23(17)7-8-24)19(25)22-11-13-5-3-1-2-4-6-13/h9-10,12-13,24H,1-8,11H2,(H,22,25). The van der Waals surface area contributed by atoms with Crippen LogP contribution in [-0.4, -0.2) is 28.7 Å². The number of rotatable bonds is 5. The quantitative estimate of drug-likeness (QED) is 0.724. The number of fused-ring (bicyclic) bond motifs is 1. The first-order chi connectivity index (χ1) is 12.1. The minimum Gasteiger partial charge on any atom is -0.395 e. The summed E-state index contributed by atoms with van der Waals surface area (Å²) in [5.41, 5.74) is 1.13.